The number of carbonyl (C=O) groups is 1. The second-order valence-electron chi connectivity index (χ2n) is 7.90. The number of hydrogen-bond donors (Lipinski definition) is 2. The number of benzene rings is 3. The van der Waals surface area contributed by atoms with Crippen molar-refractivity contribution in [3.05, 3.63) is 89.2 Å². The van der Waals surface area contributed by atoms with Crippen LogP contribution < -0.4 is 19.5 Å². The van der Waals surface area contributed by atoms with Crippen molar-refractivity contribution in [3.8, 4) is 17.2 Å². The minimum atomic E-state index is -0.738. The quantitative estimate of drug-likeness (QED) is 0.222. The van der Waals surface area contributed by atoms with Gasteiger partial charge in [-0.05, 0) is 47.5 Å². The van der Waals surface area contributed by atoms with Crippen molar-refractivity contribution in [3.63, 3.8) is 0 Å². The number of methoxy groups -OCH3 is 3. The molecule has 3 rings (SSSR count). The van der Waals surface area contributed by atoms with E-state index in [1.165, 1.54) is 19.2 Å². The highest BCUT2D eigenvalue weighted by Gasteiger charge is 2.14. The maximum Gasteiger partial charge on any atom is 0.338 e. The van der Waals surface area contributed by atoms with Gasteiger partial charge >= 0.3 is 5.97 Å². The van der Waals surface area contributed by atoms with Crippen LogP contribution in [0, 0.1) is 5.82 Å². The number of halogens is 1. The van der Waals surface area contributed by atoms with Crippen LogP contribution in [0.1, 0.15) is 16.7 Å². The lowest BCUT2D eigenvalue weighted by molar-refractivity contribution is -0.133. The van der Waals surface area contributed by atoms with Crippen molar-refractivity contribution in [1.29, 1.82) is 0 Å². The molecular formula is C28H30FNO6. The van der Waals surface area contributed by atoms with Crippen LogP contribution in [0.15, 0.2) is 66.7 Å². The van der Waals surface area contributed by atoms with Crippen molar-refractivity contribution in [2.45, 2.75) is 12.6 Å². The maximum absolute atomic E-state index is 13.2. The fraction of sp³-hybridized carbons (Fsp3) is 0.250. The Labute approximate surface area is 210 Å². The molecule has 0 radical (unpaired) electrons. The highest BCUT2D eigenvalue weighted by molar-refractivity contribution is 6.21. The van der Waals surface area contributed by atoms with Crippen LogP contribution in [-0.2, 0) is 16.1 Å². The predicted molar refractivity (Wildman–Crippen MR) is 135 cm³/mol. The summed E-state index contributed by atoms with van der Waals surface area (Å²) in [6, 6.07) is 18.2. The van der Waals surface area contributed by atoms with Gasteiger partial charge in [0.15, 0.2) is 0 Å². The highest BCUT2D eigenvalue weighted by atomic mass is 19.1. The van der Waals surface area contributed by atoms with Crippen molar-refractivity contribution >= 4 is 17.6 Å². The first-order valence-electron chi connectivity index (χ1n) is 11.3. The first-order valence-corrected chi connectivity index (χ1v) is 11.3. The molecule has 0 fully saturated rings. The zero-order chi connectivity index (χ0) is 25.9. The zero-order valence-corrected chi connectivity index (χ0v) is 20.5. The number of ether oxygens (including phenoxy) is 4. The molecule has 0 amide bonds. The standard InChI is InChI=1S/C28H30FNO6/c1-33-25-13-8-21(27(15-25)34-2)16-30-17-23(31)18-36-24-11-6-20(7-12-24)26(28(32)35-3)14-19-4-9-22(29)10-5-19/h4-15,23,30-31H,16-18H2,1-3H3/b26-14+. The molecular weight excluding hydrogens is 465 g/mol. The number of hydrogen-bond acceptors (Lipinski definition) is 7. The summed E-state index contributed by atoms with van der Waals surface area (Å²) in [4.78, 5) is 12.3. The Bertz CT molecular complexity index is 1160. The molecule has 0 aliphatic rings. The summed E-state index contributed by atoms with van der Waals surface area (Å²) < 4.78 is 34.4. The third-order valence-corrected chi connectivity index (χ3v) is 5.38. The van der Waals surface area contributed by atoms with Gasteiger partial charge in [-0.25, -0.2) is 9.18 Å². The molecule has 8 heteroatoms. The average molecular weight is 496 g/mol. The van der Waals surface area contributed by atoms with Crippen molar-refractivity contribution in [1.82, 2.24) is 5.32 Å². The van der Waals surface area contributed by atoms with Crippen LogP contribution in [0.3, 0.4) is 0 Å². The Morgan fingerprint density at radius 3 is 2.31 bits per heavy atom. The molecule has 7 nitrogen and oxygen atoms in total. The van der Waals surface area contributed by atoms with E-state index in [4.69, 9.17) is 18.9 Å². The minimum absolute atomic E-state index is 0.0847. The number of rotatable bonds is 12. The molecule has 1 atom stereocenters. The molecule has 2 N–H and O–H groups in total. The molecule has 1 unspecified atom stereocenters. The average Bonchev–Trinajstić information content (AvgIpc) is 2.91. The van der Waals surface area contributed by atoms with Crippen LogP contribution in [0.25, 0.3) is 11.6 Å². The van der Waals surface area contributed by atoms with E-state index in [-0.39, 0.29) is 12.4 Å². The smallest absolute Gasteiger partial charge is 0.338 e. The van der Waals surface area contributed by atoms with E-state index in [0.29, 0.717) is 47.0 Å². The molecule has 0 heterocycles. The Balaban J connectivity index is 1.54. The van der Waals surface area contributed by atoms with E-state index in [1.807, 2.05) is 12.1 Å². The van der Waals surface area contributed by atoms with Crippen molar-refractivity contribution in [2.24, 2.45) is 0 Å². The van der Waals surface area contributed by atoms with Crippen LogP contribution in [-0.4, -0.2) is 51.7 Å². The van der Waals surface area contributed by atoms with Gasteiger partial charge in [0.1, 0.15) is 35.8 Å². The molecule has 190 valence electrons. The number of aliphatic hydroxyl groups excluding tert-OH is 1. The lowest BCUT2D eigenvalue weighted by Gasteiger charge is -2.15. The SMILES string of the molecule is COC(=O)/C(=C/c1ccc(F)cc1)c1ccc(OCC(O)CNCc2ccc(OC)cc2OC)cc1. The topological polar surface area (TPSA) is 86.3 Å². The van der Waals surface area contributed by atoms with Gasteiger partial charge in [-0.15, -0.1) is 0 Å². The first-order chi connectivity index (χ1) is 17.4. The second kappa shape index (κ2) is 13.3. The highest BCUT2D eigenvalue weighted by Crippen LogP contribution is 2.25. The van der Waals surface area contributed by atoms with Crippen LogP contribution in [0.2, 0.25) is 0 Å². The van der Waals surface area contributed by atoms with Gasteiger partial charge in [-0.3, -0.25) is 0 Å². The summed E-state index contributed by atoms with van der Waals surface area (Å²) in [5.41, 5.74) is 2.56. The Kier molecular flexibility index (Phi) is 9.85. The third-order valence-electron chi connectivity index (χ3n) is 5.38. The molecule has 3 aromatic carbocycles. The van der Waals surface area contributed by atoms with Crippen LogP contribution in [0.4, 0.5) is 4.39 Å². The predicted octanol–water partition coefficient (Wildman–Crippen LogP) is 4.09. The van der Waals surface area contributed by atoms with E-state index in [2.05, 4.69) is 5.32 Å². The number of carbonyl (C=O) groups excluding carboxylic acids is 1. The van der Waals surface area contributed by atoms with E-state index in [9.17, 15) is 14.3 Å². The second-order valence-corrected chi connectivity index (χ2v) is 7.90. The van der Waals surface area contributed by atoms with Gasteiger partial charge in [0.25, 0.3) is 0 Å². The summed E-state index contributed by atoms with van der Waals surface area (Å²) in [5.74, 6) is 1.09. The molecule has 0 aliphatic heterocycles. The summed E-state index contributed by atoms with van der Waals surface area (Å²) in [6.07, 6.45) is 0.895. The molecule has 0 saturated heterocycles. The van der Waals surface area contributed by atoms with Gasteiger partial charge in [-0.1, -0.05) is 30.3 Å². The number of aliphatic hydroxyl groups is 1. The van der Waals surface area contributed by atoms with E-state index < -0.39 is 12.1 Å². The van der Waals surface area contributed by atoms with Crippen LogP contribution >= 0.6 is 0 Å². The summed E-state index contributed by atoms with van der Waals surface area (Å²) in [7, 11) is 4.50. The molecule has 0 saturated carbocycles. The normalized spacial score (nSPS) is 12.1. The number of esters is 1. The zero-order valence-electron chi connectivity index (χ0n) is 20.5. The largest absolute Gasteiger partial charge is 0.497 e. The Morgan fingerprint density at radius 2 is 1.67 bits per heavy atom. The molecule has 0 aliphatic carbocycles. The molecule has 3 aromatic rings. The summed E-state index contributed by atoms with van der Waals surface area (Å²) in [5, 5.41) is 13.5. The van der Waals surface area contributed by atoms with E-state index >= 15 is 0 Å². The Hall–Kier alpha value is -3.88. The summed E-state index contributed by atoms with van der Waals surface area (Å²) in [6.45, 7) is 0.914. The monoisotopic (exact) mass is 495 g/mol. The maximum atomic E-state index is 13.2. The molecule has 0 spiro atoms. The van der Waals surface area contributed by atoms with Crippen molar-refractivity contribution in [2.75, 3.05) is 34.5 Å². The van der Waals surface area contributed by atoms with Gasteiger partial charge in [0.2, 0.25) is 0 Å². The van der Waals surface area contributed by atoms with E-state index in [0.717, 1.165) is 5.56 Å². The Morgan fingerprint density at radius 1 is 0.972 bits per heavy atom. The lowest BCUT2D eigenvalue weighted by Crippen LogP contribution is -2.31. The van der Waals surface area contributed by atoms with E-state index in [1.54, 1.807) is 62.8 Å². The third kappa shape index (κ3) is 7.56. The fourth-order valence-electron chi connectivity index (χ4n) is 3.45. The van der Waals surface area contributed by atoms with Gasteiger partial charge in [-0.2, -0.15) is 0 Å². The van der Waals surface area contributed by atoms with Crippen molar-refractivity contribution < 1.29 is 33.2 Å². The van der Waals surface area contributed by atoms with Gasteiger partial charge in [0, 0.05) is 24.7 Å². The minimum Gasteiger partial charge on any atom is -0.497 e. The number of nitrogens with one attached hydrogen (secondary N) is 1. The lowest BCUT2D eigenvalue weighted by atomic mass is 10.0. The summed E-state index contributed by atoms with van der Waals surface area (Å²) >= 11 is 0. The molecule has 36 heavy (non-hydrogen) atoms. The van der Waals surface area contributed by atoms with Gasteiger partial charge in [0.05, 0.1) is 26.9 Å². The first kappa shape index (κ1) is 26.7. The van der Waals surface area contributed by atoms with Gasteiger partial charge < -0.3 is 29.4 Å². The fourth-order valence-corrected chi connectivity index (χ4v) is 3.45. The molecule has 0 aromatic heterocycles. The van der Waals surface area contributed by atoms with Crippen LogP contribution in [0.5, 0.6) is 17.2 Å². The molecule has 0 bridgehead atoms.